The molecule has 0 aliphatic carbocycles. The van der Waals surface area contributed by atoms with Crippen molar-refractivity contribution >= 4 is 34.3 Å². The van der Waals surface area contributed by atoms with Crippen molar-refractivity contribution in [2.24, 2.45) is 7.05 Å². The van der Waals surface area contributed by atoms with Gasteiger partial charge in [-0.1, -0.05) is 12.1 Å². The number of fused-ring (bicyclic) bond motifs is 1. The maximum Gasteiger partial charge on any atom is 0.261 e. The van der Waals surface area contributed by atoms with Gasteiger partial charge in [-0.3, -0.25) is 14.2 Å². The zero-order chi connectivity index (χ0) is 17.1. The molecular formula is C18H17N3O2S. The summed E-state index contributed by atoms with van der Waals surface area (Å²) in [5.41, 5.74) is 1.46. The summed E-state index contributed by atoms with van der Waals surface area (Å²) in [6.07, 6.45) is 0. The van der Waals surface area contributed by atoms with E-state index in [0.717, 1.165) is 21.9 Å². The normalized spacial score (nSPS) is 10.8. The fourth-order valence-corrected chi connectivity index (χ4v) is 3.26. The third-order valence-corrected chi connectivity index (χ3v) is 4.63. The molecule has 3 rings (SSSR count). The lowest BCUT2D eigenvalue weighted by Crippen LogP contribution is -2.21. The minimum atomic E-state index is -0.0919. The average Bonchev–Trinajstić information content (AvgIpc) is 2.58. The molecule has 0 radical (unpaired) electrons. The van der Waals surface area contributed by atoms with E-state index in [0.29, 0.717) is 11.1 Å². The number of thioether (sulfide) groups is 1. The van der Waals surface area contributed by atoms with Crippen molar-refractivity contribution in [2.75, 3.05) is 5.32 Å². The average molecular weight is 339 g/mol. The van der Waals surface area contributed by atoms with Gasteiger partial charge in [-0.2, -0.15) is 0 Å². The summed E-state index contributed by atoms with van der Waals surface area (Å²) in [5, 5.41) is 3.37. The molecule has 0 atom stereocenters. The molecule has 0 unspecified atom stereocenters. The number of nitrogens with zero attached hydrogens (tertiary/aromatic N) is 2. The molecule has 1 N–H and O–H groups in total. The Labute approximate surface area is 143 Å². The van der Waals surface area contributed by atoms with Crippen molar-refractivity contribution < 1.29 is 4.79 Å². The van der Waals surface area contributed by atoms with Gasteiger partial charge < -0.3 is 5.32 Å². The van der Waals surface area contributed by atoms with Gasteiger partial charge in [-0.15, -0.1) is 11.8 Å². The summed E-state index contributed by atoms with van der Waals surface area (Å²) in [4.78, 5) is 29.1. The number of nitrogens with one attached hydrogen (secondary N) is 1. The van der Waals surface area contributed by atoms with E-state index in [1.54, 1.807) is 29.4 Å². The highest BCUT2D eigenvalue weighted by Crippen LogP contribution is 2.23. The molecule has 2 aromatic carbocycles. The number of amides is 1. The Bertz CT molecular complexity index is 949. The monoisotopic (exact) mass is 339 g/mol. The number of para-hydroxylation sites is 1. The molecule has 1 heterocycles. The van der Waals surface area contributed by atoms with E-state index in [1.807, 2.05) is 42.5 Å². The lowest BCUT2D eigenvalue weighted by Gasteiger charge is -2.09. The van der Waals surface area contributed by atoms with Crippen LogP contribution in [0, 0.1) is 0 Å². The van der Waals surface area contributed by atoms with E-state index in [1.165, 1.54) is 6.92 Å². The van der Waals surface area contributed by atoms with E-state index < -0.39 is 0 Å². The summed E-state index contributed by atoms with van der Waals surface area (Å²) in [6, 6.07) is 15.0. The summed E-state index contributed by atoms with van der Waals surface area (Å²) in [7, 11) is 1.75. The molecule has 0 aliphatic heterocycles. The van der Waals surface area contributed by atoms with Gasteiger partial charge in [0.15, 0.2) is 0 Å². The van der Waals surface area contributed by atoms with Crippen molar-refractivity contribution in [2.45, 2.75) is 17.6 Å². The van der Waals surface area contributed by atoms with Crippen LogP contribution in [0.15, 0.2) is 58.2 Å². The molecule has 122 valence electrons. The number of hydrogen-bond acceptors (Lipinski definition) is 4. The van der Waals surface area contributed by atoms with Crippen LogP contribution in [-0.2, 0) is 17.6 Å². The Kier molecular flexibility index (Phi) is 4.66. The van der Waals surface area contributed by atoms with Gasteiger partial charge in [0.25, 0.3) is 5.56 Å². The summed E-state index contributed by atoms with van der Waals surface area (Å²) < 4.78 is 1.60. The highest BCUT2D eigenvalue weighted by molar-refractivity contribution is 7.98. The molecule has 1 aromatic heterocycles. The topological polar surface area (TPSA) is 64.0 Å². The van der Waals surface area contributed by atoms with Gasteiger partial charge in [-0.05, 0) is 36.4 Å². The maximum atomic E-state index is 12.4. The van der Waals surface area contributed by atoms with Crippen molar-refractivity contribution in [1.29, 1.82) is 0 Å². The molecule has 3 aromatic rings. The maximum absolute atomic E-state index is 12.4. The fraction of sp³-hybridized carbons (Fsp3) is 0.167. The Morgan fingerprint density at radius 1 is 1.17 bits per heavy atom. The van der Waals surface area contributed by atoms with Crippen LogP contribution in [0.25, 0.3) is 10.9 Å². The van der Waals surface area contributed by atoms with E-state index in [2.05, 4.69) is 10.3 Å². The molecule has 0 saturated carbocycles. The number of carbonyl (C=O) groups is 1. The SMILES string of the molecule is CC(=O)Nc1ccc(SCc2nc3ccccc3c(=O)n2C)cc1. The minimum absolute atomic E-state index is 0.0304. The number of benzene rings is 2. The van der Waals surface area contributed by atoms with Crippen molar-refractivity contribution in [3.63, 3.8) is 0 Å². The van der Waals surface area contributed by atoms with Gasteiger partial charge in [-0.25, -0.2) is 4.98 Å². The Morgan fingerprint density at radius 2 is 1.88 bits per heavy atom. The molecule has 0 spiro atoms. The highest BCUT2D eigenvalue weighted by Gasteiger charge is 2.08. The highest BCUT2D eigenvalue weighted by atomic mass is 32.2. The van der Waals surface area contributed by atoms with Crippen molar-refractivity contribution in [3.05, 3.63) is 64.7 Å². The molecule has 6 heteroatoms. The molecule has 0 aliphatic rings. The summed E-state index contributed by atoms with van der Waals surface area (Å²) >= 11 is 1.60. The minimum Gasteiger partial charge on any atom is -0.326 e. The largest absolute Gasteiger partial charge is 0.326 e. The van der Waals surface area contributed by atoms with Crippen LogP contribution in [0.2, 0.25) is 0 Å². The third-order valence-electron chi connectivity index (χ3n) is 3.62. The van der Waals surface area contributed by atoms with Gasteiger partial charge in [0.05, 0.1) is 16.7 Å². The second-order valence-corrected chi connectivity index (χ2v) is 6.45. The van der Waals surface area contributed by atoms with Crippen LogP contribution < -0.4 is 10.9 Å². The Morgan fingerprint density at radius 3 is 2.58 bits per heavy atom. The molecule has 24 heavy (non-hydrogen) atoms. The Hall–Kier alpha value is -2.60. The predicted octanol–water partition coefficient (Wildman–Crippen LogP) is 3.18. The first-order chi connectivity index (χ1) is 11.5. The smallest absolute Gasteiger partial charge is 0.261 e. The molecule has 5 nitrogen and oxygen atoms in total. The molecule has 1 amide bonds. The first-order valence-corrected chi connectivity index (χ1v) is 8.48. The standard InChI is InChI=1S/C18H17N3O2S/c1-12(22)19-13-7-9-14(10-8-13)24-11-17-20-16-6-4-3-5-15(16)18(23)21(17)2/h3-10H,11H2,1-2H3,(H,19,22). The first kappa shape index (κ1) is 16.3. The second-order valence-electron chi connectivity index (χ2n) is 5.40. The lowest BCUT2D eigenvalue weighted by atomic mass is 10.2. The first-order valence-electron chi connectivity index (χ1n) is 7.49. The van der Waals surface area contributed by atoms with Crippen LogP contribution in [0.4, 0.5) is 5.69 Å². The molecule has 0 fully saturated rings. The third kappa shape index (κ3) is 3.49. The number of rotatable bonds is 4. The van der Waals surface area contributed by atoms with Crippen molar-refractivity contribution in [1.82, 2.24) is 9.55 Å². The van der Waals surface area contributed by atoms with Gasteiger partial charge in [0, 0.05) is 24.6 Å². The van der Waals surface area contributed by atoms with E-state index in [9.17, 15) is 9.59 Å². The molecule has 0 bridgehead atoms. The fourth-order valence-electron chi connectivity index (χ4n) is 2.38. The predicted molar refractivity (Wildman–Crippen MR) is 97.3 cm³/mol. The van der Waals surface area contributed by atoms with E-state index >= 15 is 0 Å². The number of carbonyl (C=O) groups excluding carboxylic acids is 1. The van der Waals surface area contributed by atoms with E-state index in [4.69, 9.17) is 0 Å². The van der Waals surface area contributed by atoms with E-state index in [-0.39, 0.29) is 11.5 Å². The molecular weight excluding hydrogens is 322 g/mol. The van der Waals surface area contributed by atoms with Gasteiger partial charge in [0.1, 0.15) is 5.82 Å². The quantitative estimate of drug-likeness (QED) is 0.742. The molecule has 0 saturated heterocycles. The second kappa shape index (κ2) is 6.88. The van der Waals surface area contributed by atoms with Gasteiger partial charge in [0.2, 0.25) is 5.91 Å². The zero-order valence-electron chi connectivity index (χ0n) is 13.4. The summed E-state index contributed by atoms with van der Waals surface area (Å²) in [5.74, 6) is 1.23. The van der Waals surface area contributed by atoms with Crippen LogP contribution in [0.3, 0.4) is 0 Å². The van der Waals surface area contributed by atoms with Crippen molar-refractivity contribution in [3.8, 4) is 0 Å². The number of hydrogen-bond donors (Lipinski definition) is 1. The number of aromatic nitrogens is 2. The number of anilines is 1. The zero-order valence-corrected chi connectivity index (χ0v) is 14.3. The van der Waals surface area contributed by atoms with Gasteiger partial charge >= 0.3 is 0 Å². The Balaban J connectivity index is 1.79. The van der Waals surface area contributed by atoms with Crippen LogP contribution in [-0.4, -0.2) is 15.5 Å². The van der Waals surface area contributed by atoms with Crippen LogP contribution in [0.5, 0.6) is 0 Å². The van der Waals surface area contributed by atoms with Crippen LogP contribution in [0.1, 0.15) is 12.7 Å². The summed E-state index contributed by atoms with van der Waals surface area (Å²) in [6.45, 7) is 1.48. The van der Waals surface area contributed by atoms with Crippen LogP contribution >= 0.6 is 11.8 Å². The lowest BCUT2D eigenvalue weighted by molar-refractivity contribution is -0.114.